The quantitative estimate of drug-likeness (QED) is 0.225. The van der Waals surface area contributed by atoms with Crippen molar-refractivity contribution < 1.29 is 9.53 Å². The third kappa shape index (κ3) is 6.19. The highest BCUT2D eigenvalue weighted by atomic mass is 32.1. The topological polar surface area (TPSA) is 156 Å². The van der Waals surface area contributed by atoms with E-state index < -0.39 is 0 Å². The number of fused-ring (bicyclic) bond motifs is 1. The number of nitrogens with zero attached hydrogens (tertiary/aromatic N) is 5. The molecule has 3 aromatic rings. The molecule has 0 radical (unpaired) electrons. The fourth-order valence-corrected chi connectivity index (χ4v) is 6.81. The van der Waals surface area contributed by atoms with Crippen molar-refractivity contribution in [2.24, 2.45) is 5.73 Å². The number of ether oxygens (including phenoxy) is 1. The molecule has 214 valence electrons. The van der Waals surface area contributed by atoms with E-state index in [0.29, 0.717) is 58.8 Å². The van der Waals surface area contributed by atoms with Gasteiger partial charge in [-0.05, 0) is 69.8 Å². The van der Waals surface area contributed by atoms with Crippen molar-refractivity contribution in [1.29, 1.82) is 5.26 Å². The lowest BCUT2D eigenvalue weighted by Gasteiger charge is -2.25. The van der Waals surface area contributed by atoms with Crippen LogP contribution < -0.4 is 21.5 Å². The lowest BCUT2D eigenvalue weighted by Crippen LogP contribution is -2.30. The Balaban J connectivity index is 1.51. The maximum atomic E-state index is 14.1. The van der Waals surface area contributed by atoms with E-state index in [1.807, 2.05) is 25.1 Å². The first kappa shape index (κ1) is 28.5. The van der Waals surface area contributed by atoms with Crippen LogP contribution >= 0.6 is 11.3 Å². The van der Waals surface area contributed by atoms with Gasteiger partial charge in [-0.3, -0.25) is 4.79 Å². The lowest BCUT2D eigenvalue weighted by molar-refractivity contribution is 0.101. The normalized spacial score (nSPS) is 19.2. The van der Waals surface area contributed by atoms with Gasteiger partial charge in [0.15, 0.2) is 0 Å². The molecule has 1 fully saturated rings. The number of nitrogens with two attached hydrogens (primary N) is 2. The average molecular weight is 573 g/mol. The number of Topliss-reactive ketones (excluding diaryl/α,β-unsaturated/α-hetero) is 1. The van der Waals surface area contributed by atoms with Crippen LogP contribution in [0.4, 0.5) is 16.6 Å². The van der Waals surface area contributed by atoms with E-state index in [-0.39, 0.29) is 23.6 Å². The molecule has 41 heavy (non-hydrogen) atoms. The van der Waals surface area contributed by atoms with Gasteiger partial charge in [-0.1, -0.05) is 19.4 Å². The predicted octanol–water partition coefficient (Wildman–Crippen LogP) is 4.92. The van der Waals surface area contributed by atoms with Gasteiger partial charge in [0, 0.05) is 40.4 Å². The van der Waals surface area contributed by atoms with Crippen molar-refractivity contribution in [3.05, 3.63) is 63.6 Å². The van der Waals surface area contributed by atoms with Crippen LogP contribution in [0.3, 0.4) is 0 Å². The minimum absolute atomic E-state index is 0.00785. The maximum absolute atomic E-state index is 14.1. The second-order valence-electron chi connectivity index (χ2n) is 10.6. The van der Waals surface area contributed by atoms with Gasteiger partial charge >= 0.3 is 0 Å². The van der Waals surface area contributed by atoms with Gasteiger partial charge < -0.3 is 26.4 Å². The molecule has 2 aliphatic rings. The summed E-state index contributed by atoms with van der Waals surface area (Å²) < 4.78 is 6.12. The van der Waals surface area contributed by atoms with Crippen LogP contribution in [0.1, 0.15) is 78.0 Å². The fourth-order valence-electron chi connectivity index (χ4n) is 5.69. The highest BCUT2D eigenvalue weighted by Crippen LogP contribution is 2.45. The molecule has 0 spiro atoms. The van der Waals surface area contributed by atoms with Crippen molar-refractivity contribution in [1.82, 2.24) is 19.9 Å². The van der Waals surface area contributed by atoms with Crippen molar-refractivity contribution >= 4 is 33.8 Å². The number of pyridine rings is 1. The highest BCUT2D eigenvalue weighted by molar-refractivity contribution is 7.16. The Labute approximate surface area is 244 Å². The van der Waals surface area contributed by atoms with Gasteiger partial charge in [0.25, 0.3) is 0 Å². The molecule has 0 amide bonds. The van der Waals surface area contributed by atoms with E-state index in [4.69, 9.17) is 16.2 Å². The number of anilines is 3. The SMILES string of the molecule is CCC/C(C(=O)c1nc(Nc2ccccn2)cc(OC[C@@H]2CCCN2C)n1)=C(/N)[C@H]1CCCc2sc(N)c(C#N)c21. The summed E-state index contributed by atoms with van der Waals surface area (Å²) in [4.78, 5) is 30.9. The first-order valence-electron chi connectivity index (χ1n) is 14.1. The molecule has 0 saturated carbocycles. The summed E-state index contributed by atoms with van der Waals surface area (Å²) in [5, 5.41) is 13.5. The van der Waals surface area contributed by atoms with Gasteiger partial charge in [0.2, 0.25) is 17.5 Å². The summed E-state index contributed by atoms with van der Waals surface area (Å²) in [5.41, 5.74) is 15.3. The zero-order valence-electron chi connectivity index (χ0n) is 23.5. The van der Waals surface area contributed by atoms with E-state index in [2.05, 4.69) is 38.3 Å². The summed E-state index contributed by atoms with van der Waals surface area (Å²) >= 11 is 1.45. The average Bonchev–Trinajstić information content (AvgIpc) is 3.55. The molecule has 1 aliphatic carbocycles. The lowest BCUT2D eigenvalue weighted by atomic mass is 9.80. The Kier molecular flexibility index (Phi) is 8.81. The molecular weight excluding hydrogens is 536 g/mol. The minimum Gasteiger partial charge on any atom is -0.476 e. The number of nitrogens with one attached hydrogen (secondary N) is 1. The molecule has 1 aliphatic heterocycles. The van der Waals surface area contributed by atoms with Crippen LogP contribution in [0.5, 0.6) is 5.88 Å². The number of likely N-dealkylation sites (N-methyl/N-ethyl adjacent to an activating group) is 1. The molecule has 11 heteroatoms. The van der Waals surface area contributed by atoms with Crippen molar-refractivity contribution in [2.75, 3.05) is 31.2 Å². The number of hydrogen-bond acceptors (Lipinski definition) is 11. The Morgan fingerprint density at radius 2 is 2.12 bits per heavy atom. The highest BCUT2D eigenvalue weighted by Gasteiger charge is 2.32. The van der Waals surface area contributed by atoms with Crippen LogP contribution in [0.2, 0.25) is 0 Å². The standard InChI is InChI=1S/C30H36N8O2S/c1-3-8-20(27(32)19-10-6-11-22-26(19)21(16-31)29(33)41-22)28(39)30-36-24(35-23-12-4-5-13-34-23)15-25(37-30)40-17-18-9-7-14-38(18)2/h4-5,12-13,15,18-19H,3,6-11,14,17,32-33H2,1-2H3,(H,34,35,36,37)/b27-20-/t18-,19-/m0/s1. The number of aryl methyl sites for hydroxylation is 1. The van der Waals surface area contributed by atoms with Gasteiger partial charge in [-0.15, -0.1) is 11.3 Å². The van der Waals surface area contributed by atoms with E-state index >= 15 is 0 Å². The van der Waals surface area contributed by atoms with Gasteiger partial charge in [0.05, 0.1) is 5.56 Å². The zero-order valence-corrected chi connectivity index (χ0v) is 24.3. The van der Waals surface area contributed by atoms with Crippen molar-refractivity contribution in [3.8, 4) is 11.9 Å². The monoisotopic (exact) mass is 572 g/mol. The van der Waals surface area contributed by atoms with Gasteiger partial charge in [-0.2, -0.15) is 10.2 Å². The second-order valence-corrected chi connectivity index (χ2v) is 11.7. The molecule has 3 aromatic heterocycles. The smallest absolute Gasteiger partial charge is 0.228 e. The zero-order chi connectivity index (χ0) is 28.9. The van der Waals surface area contributed by atoms with E-state index in [9.17, 15) is 10.1 Å². The summed E-state index contributed by atoms with van der Waals surface area (Å²) in [6.45, 7) is 3.50. The number of rotatable bonds is 10. The second kappa shape index (κ2) is 12.7. The number of ketones is 1. The van der Waals surface area contributed by atoms with E-state index in [1.54, 1.807) is 12.3 Å². The van der Waals surface area contributed by atoms with E-state index in [0.717, 1.165) is 49.1 Å². The number of likely N-dealkylation sites (tertiary alicyclic amines) is 1. The Morgan fingerprint density at radius 1 is 1.27 bits per heavy atom. The Bertz CT molecular complexity index is 1480. The molecule has 4 heterocycles. The number of allylic oxidation sites excluding steroid dienone is 2. The molecule has 2 atom stereocenters. The third-order valence-electron chi connectivity index (χ3n) is 7.83. The maximum Gasteiger partial charge on any atom is 0.228 e. The Morgan fingerprint density at radius 3 is 2.83 bits per heavy atom. The van der Waals surface area contributed by atoms with Crippen LogP contribution in [0, 0.1) is 11.3 Å². The molecule has 10 nitrogen and oxygen atoms in total. The molecule has 0 aromatic carbocycles. The largest absolute Gasteiger partial charge is 0.476 e. The summed E-state index contributed by atoms with van der Waals surface area (Å²) in [7, 11) is 2.09. The number of carbonyl (C=O) groups is 1. The number of hydrogen-bond donors (Lipinski definition) is 3. The molecule has 5 N–H and O–H groups in total. The van der Waals surface area contributed by atoms with Gasteiger partial charge in [0.1, 0.15) is 29.3 Å². The molecule has 1 saturated heterocycles. The first-order chi connectivity index (χ1) is 19.9. The van der Waals surface area contributed by atoms with Crippen LogP contribution in [-0.2, 0) is 6.42 Å². The predicted molar refractivity (Wildman–Crippen MR) is 160 cm³/mol. The van der Waals surface area contributed by atoms with Crippen LogP contribution in [-0.4, -0.2) is 51.9 Å². The summed E-state index contributed by atoms with van der Waals surface area (Å²) in [5.74, 6) is 0.719. The number of carbonyl (C=O) groups excluding carboxylic acids is 1. The third-order valence-corrected chi connectivity index (χ3v) is 8.92. The molecule has 0 unspecified atom stereocenters. The van der Waals surface area contributed by atoms with Crippen LogP contribution in [0.25, 0.3) is 0 Å². The van der Waals surface area contributed by atoms with Gasteiger partial charge in [-0.25, -0.2) is 9.97 Å². The van der Waals surface area contributed by atoms with E-state index in [1.165, 1.54) is 11.3 Å². The summed E-state index contributed by atoms with van der Waals surface area (Å²) in [6.07, 6.45) is 7.53. The van der Waals surface area contributed by atoms with Crippen molar-refractivity contribution in [2.45, 2.75) is 63.8 Å². The first-order valence-corrected chi connectivity index (χ1v) is 15.0. The number of thiophene rings is 1. The molecular formula is C30H36N8O2S. The molecule has 5 rings (SSSR count). The Hall–Kier alpha value is -4.01. The molecule has 0 bridgehead atoms. The number of nitriles is 1. The fraction of sp³-hybridized carbons (Fsp3) is 0.433. The van der Waals surface area contributed by atoms with Crippen LogP contribution in [0.15, 0.2) is 41.7 Å². The number of aromatic nitrogens is 3. The number of nitrogen functional groups attached to an aromatic ring is 1. The minimum atomic E-state index is -0.342. The van der Waals surface area contributed by atoms with Crippen molar-refractivity contribution in [3.63, 3.8) is 0 Å². The summed E-state index contributed by atoms with van der Waals surface area (Å²) in [6, 6.07) is 9.75.